The quantitative estimate of drug-likeness (QED) is 0.190. The molecule has 1 fully saturated rings. The number of unbranched alkanes of at least 4 members (excludes halogenated alkanes) is 1. The van der Waals surface area contributed by atoms with Crippen LogP contribution < -0.4 is 16.0 Å². The van der Waals surface area contributed by atoms with E-state index in [9.17, 15) is 4.79 Å². The highest BCUT2D eigenvalue weighted by molar-refractivity contribution is 14.0. The molecule has 1 amide bonds. The zero-order valence-electron chi connectivity index (χ0n) is 16.8. The maximum absolute atomic E-state index is 12.2. The van der Waals surface area contributed by atoms with Crippen LogP contribution in [0.15, 0.2) is 29.3 Å². The van der Waals surface area contributed by atoms with E-state index in [0.29, 0.717) is 13.2 Å². The van der Waals surface area contributed by atoms with Crippen LogP contribution in [0.25, 0.3) is 0 Å². The van der Waals surface area contributed by atoms with Gasteiger partial charge in [0.15, 0.2) is 5.96 Å². The maximum Gasteiger partial charge on any atom is 0.253 e. The van der Waals surface area contributed by atoms with E-state index in [0.717, 1.165) is 49.6 Å². The Bertz CT molecular complexity index is 610. The zero-order valence-corrected chi connectivity index (χ0v) is 20.0. The number of hydrogen-bond acceptors (Lipinski definition) is 4. The largest absolute Gasteiger partial charge is 0.368 e. The van der Waals surface area contributed by atoms with E-state index in [1.807, 2.05) is 36.0 Å². The molecule has 0 bridgehead atoms. The van der Waals surface area contributed by atoms with Crippen molar-refractivity contribution >= 4 is 53.3 Å². The van der Waals surface area contributed by atoms with Gasteiger partial charge < -0.3 is 20.7 Å². The second-order valence-electron chi connectivity index (χ2n) is 6.51. The number of ether oxygens (including phenoxy) is 1. The highest BCUT2D eigenvalue weighted by Crippen LogP contribution is 2.16. The highest BCUT2D eigenvalue weighted by atomic mass is 127. The van der Waals surface area contributed by atoms with Crippen molar-refractivity contribution in [2.45, 2.75) is 45.3 Å². The van der Waals surface area contributed by atoms with Crippen LogP contribution in [-0.2, 0) is 16.1 Å². The average Bonchev–Trinajstić information content (AvgIpc) is 3.21. The van der Waals surface area contributed by atoms with Crippen molar-refractivity contribution in [3.05, 3.63) is 29.8 Å². The van der Waals surface area contributed by atoms with Crippen LogP contribution in [0, 0.1) is 0 Å². The summed E-state index contributed by atoms with van der Waals surface area (Å²) in [5.41, 5.74) is 1.85. The van der Waals surface area contributed by atoms with E-state index in [1.165, 1.54) is 12.2 Å². The Balaban J connectivity index is 0.00000392. The summed E-state index contributed by atoms with van der Waals surface area (Å²) in [4.78, 5) is 16.8. The number of carbonyl (C=O) groups is 1. The molecular formula is C20H33IN4O2S. The zero-order chi connectivity index (χ0) is 19.3. The number of aliphatic imine (C=N–C) groups is 1. The number of halogens is 1. The first kappa shape index (κ1) is 25.0. The lowest BCUT2D eigenvalue weighted by Gasteiger charge is -2.12. The van der Waals surface area contributed by atoms with E-state index < -0.39 is 0 Å². The Morgan fingerprint density at radius 2 is 2.18 bits per heavy atom. The molecule has 0 saturated carbocycles. The molecule has 1 saturated heterocycles. The smallest absolute Gasteiger partial charge is 0.253 e. The van der Waals surface area contributed by atoms with E-state index in [1.54, 1.807) is 0 Å². The van der Waals surface area contributed by atoms with Crippen LogP contribution in [0.3, 0.4) is 0 Å². The molecule has 6 nitrogen and oxygen atoms in total. The van der Waals surface area contributed by atoms with Crippen LogP contribution in [0.1, 0.15) is 38.2 Å². The van der Waals surface area contributed by atoms with Crippen LogP contribution >= 0.6 is 35.7 Å². The van der Waals surface area contributed by atoms with Gasteiger partial charge in [-0.25, -0.2) is 4.99 Å². The summed E-state index contributed by atoms with van der Waals surface area (Å²) < 4.78 is 5.43. The number of thioether (sulfide) groups is 1. The molecule has 1 aromatic rings. The van der Waals surface area contributed by atoms with Gasteiger partial charge >= 0.3 is 0 Å². The molecule has 1 aromatic carbocycles. The topological polar surface area (TPSA) is 74.8 Å². The summed E-state index contributed by atoms with van der Waals surface area (Å²) in [5, 5.41) is 9.60. The average molecular weight is 520 g/mol. The fourth-order valence-electron chi connectivity index (χ4n) is 2.84. The van der Waals surface area contributed by atoms with Gasteiger partial charge in [-0.15, -0.1) is 24.0 Å². The van der Waals surface area contributed by atoms with Crippen molar-refractivity contribution in [2.24, 2.45) is 4.99 Å². The SMILES string of the molecule is CCNC(=NCc1cccc(NC(=O)C2CCCO2)c1)NCCCCSC.I. The second kappa shape index (κ2) is 14.9. The first-order chi connectivity index (χ1) is 13.2. The molecule has 1 atom stereocenters. The van der Waals surface area contributed by atoms with Crippen LogP contribution in [0.4, 0.5) is 5.69 Å². The number of nitrogens with one attached hydrogen (secondary N) is 3. The summed E-state index contributed by atoms with van der Waals surface area (Å²) in [6.07, 6.45) is 5.91. The molecule has 28 heavy (non-hydrogen) atoms. The van der Waals surface area contributed by atoms with Gasteiger partial charge in [0, 0.05) is 25.4 Å². The summed E-state index contributed by atoms with van der Waals surface area (Å²) in [7, 11) is 0. The van der Waals surface area contributed by atoms with Gasteiger partial charge in [-0.3, -0.25) is 4.79 Å². The summed E-state index contributed by atoms with van der Waals surface area (Å²) >= 11 is 1.88. The summed E-state index contributed by atoms with van der Waals surface area (Å²) in [5.74, 6) is 1.96. The third-order valence-electron chi connectivity index (χ3n) is 4.25. The van der Waals surface area contributed by atoms with Crippen molar-refractivity contribution in [3.63, 3.8) is 0 Å². The maximum atomic E-state index is 12.2. The fraction of sp³-hybridized carbons (Fsp3) is 0.600. The Hall–Kier alpha value is -1.00. The number of nitrogens with zero attached hydrogens (tertiary/aromatic N) is 1. The van der Waals surface area contributed by atoms with Gasteiger partial charge in [-0.1, -0.05) is 12.1 Å². The molecule has 1 aliphatic heterocycles. The van der Waals surface area contributed by atoms with Crippen molar-refractivity contribution in [2.75, 3.05) is 37.0 Å². The third kappa shape index (κ3) is 9.47. The summed E-state index contributed by atoms with van der Waals surface area (Å²) in [6.45, 7) is 5.04. The monoisotopic (exact) mass is 520 g/mol. The van der Waals surface area contributed by atoms with Gasteiger partial charge in [0.25, 0.3) is 5.91 Å². The van der Waals surface area contributed by atoms with E-state index >= 15 is 0 Å². The molecule has 1 aliphatic rings. The minimum atomic E-state index is -0.317. The first-order valence-electron chi connectivity index (χ1n) is 9.75. The van der Waals surface area contributed by atoms with Crippen molar-refractivity contribution < 1.29 is 9.53 Å². The number of benzene rings is 1. The minimum Gasteiger partial charge on any atom is -0.368 e. The molecule has 0 radical (unpaired) electrons. The normalized spacial score (nSPS) is 16.4. The number of anilines is 1. The number of amides is 1. The lowest BCUT2D eigenvalue weighted by atomic mass is 10.2. The van der Waals surface area contributed by atoms with Crippen molar-refractivity contribution in [3.8, 4) is 0 Å². The molecule has 1 unspecified atom stereocenters. The number of guanidine groups is 1. The molecular weight excluding hydrogens is 487 g/mol. The minimum absolute atomic E-state index is 0. The fourth-order valence-corrected chi connectivity index (χ4v) is 3.34. The van der Waals surface area contributed by atoms with E-state index in [4.69, 9.17) is 4.74 Å². The van der Waals surface area contributed by atoms with Gasteiger partial charge in [0.1, 0.15) is 6.10 Å². The molecule has 1 heterocycles. The Kier molecular flexibility index (Phi) is 13.3. The number of rotatable bonds is 10. The molecule has 0 aliphatic carbocycles. The lowest BCUT2D eigenvalue weighted by Crippen LogP contribution is -2.37. The number of hydrogen-bond donors (Lipinski definition) is 3. The standard InChI is InChI=1S/C20H32N4O2S.HI/c1-3-21-20(22-11-4-5-13-27-2)23-15-16-8-6-9-17(14-16)24-19(25)18-10-7-12-26-18;/h6,8-9,14,18H,3-5,7,10-13,15H2,1-2H3,(H,24,25)(H2,21,22,23);1H. The van der Waals surface area contributed by atoms with Crippen LogP contribution in [0.5, 0.6) is 0 Å². The molecule has 0 aromatic heterocycles. The number of carbonyl (C=O) groups excluding carboxylic acids is 1. The molecule has 2 rings (SSSR count). The van der Waals surface area contributed by atoms with Gasteiger partial charge in [-0.2, -0.15) is 11.8 Å². The van der Waals surface area contributed by atoms with Crippen LogP contribution in [-0.4, -0.2) is 49.7 Å². The predicted octanol–water partition coefficient (Wildman–Crippen LogP) is 3.62. The van der Waals surface area contributed by atoms with Crippen LogP contribution in [0.2, 0.25) is 0 Å². The Labute approximate surface area is 190 Å². The summed E-state index contributed by atoms with van der Waals surface area (Å²) in [6, 6.07) is 7.83. The van der Waals surface area contributed by atoms with Gasteiger partial charge in [-0.05, 0) is 62.3 Å². The van der Waals surface area contributed by atoms with Crippen molar-refractivity contribution in [1.82, 2.24) is 10.6 Å². The van der Waals surface area contributed by atoms with Crippen molar-refractivity contribution in [1.29, 1.82) is 0 Å². The van der Waals surface area contributed by atoms with Gasteiger partial charge in [0.05, 0.1) is 6.54 Å². The Morgan fingerprint density at radius 3 is 2.89 bits per heavy atom. The highest BCUT2D eigenvalue weighted by Gasteiger charge is 2.23. The van der Waals surface area contributed by atoms with E-state index in [2.05, 4.69) is 34.1 Å². The molecule has 3 N–H and O–H groups in total. The second-order valence-corrected chi connectivity index (χ2v) is 7.50. The molecule has 158 valence electrons. The predicted molar refractivity (Wildman–Crippen MR) is 130 cm³/mol. The molecule has 8 heteroatoms. The first-order valence-corrected chi connectivity index (χ1v) is 11.1. The lowest BCUT2D eigenvalue weighted by molar-refractivity contribution is -0.124. The van der Waals surface area contributed by atoms with Gasteiger partial charge in [0.2, 0.25) is 0 Å². The van der Waals surface area contributed by atoms with E-state index in [-0.39, 0.29) is 36.0 Å². The Morgan fingerprint density at radius 1 is 1.32 bits per heavy atom. The third-order valence-corrected chi connectivity index (χ3v) is 4.95. The molecule has 0 spiro atoms.